The van der Waals surface area contributed by atoms with Gasteiger partial charge in [0.25, 0.3) is 0 Å². The van der Waals surface area contributed by atoms with Gasteiger partial charge in [-0.15, -0.1) is 16.8 Å². The van der Waals surface area contributed by atoms with E-state index in [1.165, 1.54) is 17.3 Å². The molecular weight excluding hydrogens is 412 g/mol. The Morgan fingerprint density at radius 3 is 2.81 bits per heavy atom. The van der Waals surface area contributed by atoms with E-state index in [1.807, 2.05) is 34.9 Å². The SMILES string of the molecule is C=CCn1c(SCc2nc(N)nc(Nc3ccccc3CC)n2)nnc1-c1ccco1. The molecule has 0 spiro atoms. The minimum Gasteiger partial charge on any atom is -0.461 e. The van der Waals surface area contributed by atoms with Crippen LogP contribution in [0.15, 0.2) is 64.9 Å². The number of nitrogens with one attached hydrogen (secondary N) is 1. The van der Waals surface area contributed by atoms with E-state index >= 15 is 0 Å². The number of anilines is 3. The lowest BCUT2D eigenvalue weighted by molar-refractivity contribution is 0.569. The molecule has 10 heteroatoms. The number of nitrogens with two attached hydrogens (primary N) is 1. The Morgan fingerprint density at radius 2 is 2.03 bits per heavy atom. The van der Waals surface area contributed by atoms with Gasteiger partial charge in [0, 0.05) is 12.2 Å². The summed E-state index contributed by atoms with van der Waals surface area (Å²) in [5.41, 5.74) is 8.04. The summed E-state index contributed by atoms with van der Waals surface area (Å²) in [5, 5.41) is 12.5. The van der Waals surface area contributed by atoms with Gasteiger partial charge < -0.3 is 15.5 Å². The number of furan rings is 1. The van der Waals surface area contributed by atoms with Crippen LogP contribution in [0, 0.1) is 0 Å². The van der Waals surface area contributed by atoms with Gasteiger partial charge in [0.15, 0.2) is 10.9 Å². The number of allylic oxidation sites excluding steroid dienone is 1. The molecule has 4 aromatic rings. The van der Waals surface area contributed by atoms with E-state index in [9.17, 15) is 0 Å². The Hall–Kier alpha value is -3.66. The highest BCUT2D eigenvalue weighted by molar-refractivity contribution is 7.98. The van der Waals surface area contributed by atoms with Crippen molar-refractivity contribution >= 4 is 29.3 Å². The topological polar surface area (TPSA) is 121 Å². The molecule has 0 aliphatic rings. The second kappa shape index (κ2) is 9.43. The highest BCUT2D eigenvalue weighted by atomic mass is 32.2. The van der Waals surface area contributed by atoms with E-state index in [0.29, 0.717) is 40.8 Å². The molecular formula is C21H22N8OS. The molecule has 9 nitrogen and oxygen atoms in total. The van der Waals surface area contributed by atoms with Gasteiger partial charge in [0.2, 0.25) is 17.7 Å². The maximum Gasteiger partial charge on any atom is 0.232 e. The number of nitrogen functional groups attached to an aromatic ring is 1. The highest BCUT2D eigenvalue weighted by Gasteiger charge is 2.16. The van der Waals surface area contributed by atoms with Crippen LogP contribution in [-0.4, -0.2) is 29.7 Å². The fraction of sp³-hybridized carbons (Fsp3) is 0.190. The molecule has 3 N–H and O–H groups in total. The van der Waals surface area contributed by atoms with Crippen molar-refractivity contribution in [2.24, 2.45) is 0 Å². The standard InChI is InChI=1S/C21H22N8OS/c1-3-11-29-18(16-10-7-12-30-16)27-28-21(29)31-13-17-24-19(22)26-20(25-17)23-15-9-6-5-8-14(15)4-2/h3,5-10,12H,1,4,11,13H2,2H3,(H3,22,23,24,25,26). The van der Waals surface area contributed by atoms with Crippen LogP contribution in [0.5, 0.6) is 0 Å². The molecule has 0 saturated carbocycles. The molecule has 0 saturated heterocycles. The zero-order valence-electron chi connectivity index (χ0n) is 17.0. The third kappa shape index (κ3) is 4.75. The smallest absolute Gasteiger partial charge is 0.232 e. The van der Waals surface area contributed by atoms with E-state index in [2.05, 4.69) is 50.0 Å². The molecule has 0 amide bonds. The average molecular weight is 435 g/mol. The fourth-order valence-corrected chi connectivity index (χ4v) is 3.84. The van der Waals surface area contributed by atoms with Gasteiger partial charge in [-0.3, -0.25) is 4.57 Å². The van der Waals surface area contributed by atoms with E-state index in [1.54, 1.807) is 12.3 Å². The lowest BCUT2D eigenvalue weighted by atomic mass is 10.1. The summed E-state index contributed by atoms with van der Waals surface area (Å²) < 4.78 is 7.39. The molecule has 0 aliphatic heterocycles. The van der Waals surface area contributed by atoms with Crippen molar-refractivity contribution in [2.45, 2.75) is 30.8 Å². The Kier molecular flexibility index (Phi) is 6.27. The molecule has 3 heterocycles. The maximum absolute atomic E-state index is 5.93. The van der Waals surface area contributed by atoms with E-state index in [0.717, 1.165) is 12.1 Å². The molecule has 3 aromatic heterocycles. The largest absolute Gasteiger partial charge is 0.461 e. The van der Waals surface area contributed by atoms with Crippen LogP contribution >= 0.6 is 11.8 Å². The first-order valence-corrected chi connectivity index (χ1v) is 10.7. The number of benzene rings is 1. The third-order valence-electron chi connectivity index (χ3n) is 4.44. The lowest BCUT2D eigenvalue weighted by Gasteiger charge is -2.10. The second-order valence-corrected chi connectivity index (χ2v) is 7.48. The Balaban J connectivity index is 1.53. The molecule has 4 rings (SSSR count). The summed E-state index contributed by atoms with van der Waals surface area (Å²) in [6.07, 6.45) is 4.28. The monoisotopic (exact) mass is 434 g/mol. The van der Waals surface area contributed by atoms with Gasteiger partial charge >= 0.3 is 0 Å². The molecule has 1 aromatic carbocycles. The van der Waals surface area contributed by atoms with E-state index < -0.39 is 0 Å². The molecule has 0 aliphatic carbocycles. The van der Waals surface area contributed by atoms with Gasteiger partial charge in [0.1, 0.15) is 5.82 Å². The number of nitrogens with zero attached hydrogens (tertiary/aromatic N) is 6. The van der Waals surface area contributed by atoms with Crippen LogP contribution in [0.25, 0.3) is 11.6 Å². The van der Waals surface area contributed by atoms with Gasteiger partial charge in [0.05, 0.1) is 12.0 Å². The Morgan fingerprint density at radius 1 is 1.16 bits per heavy atom. The molecule has 158 valence electrons. The summed E-state index contributed by atoms with van der Waals surface area (Å²) in [5.74, 6) is 2.85. The first-order chi connectivity index (χ1) is 15.2. The minimum atomic E-state index is 0.158. The van der Waals surface area contributed by atoms with Crippen molar-refractivity contribution < 1.29 is 4.42 Å². The van der Waals surface area contributed by atoms with Crippen molar-refractivity contribution in [3.05, 3.63) is 66.7 Å². The van der Waals surface area contributed by atoms with Crippen LogP contribution in [0.4, 0.5) is 17.6 Å². The number of rotatable bonds is 9. The Labute approximate surface area is 183 Å². The first kappa shape index (κ1) is 20.6. The lowest BCUT2D eigenvalue weighted by Crippen LogP contribution is -2.08. The number of para-hydroxylation sites is 1. The van der Waals surface area contributed by atoms with Crippen molar-refractivity contribution in [2.75, 3.05) is 11.1 Å². The predicted octanol–water partition coefficient (Wildman–Crippen LogP) is 4.09. The van der Waals surface area contributed by atoms with E-state index in [4.69, 9.17) is 10.2 Å². The van der Waals surface area contributed by atoms with Crippen molar-refractivity contribution in [3.63, 3.8) is 0 Å². The number of aromatic nitrogens is 6. The number of aryl methyl sites for hydroxylation is 1. The maximum atomic E-state index is 5.93. The normalized spacial score (nSPS) is 10.9. The zero-order chi connectivity index (χ0) is 21.6. The third-order valence-corrected chi connectivity index (χ3v) is 5.41. The van der Waals surface area contributed by atoms with Crippen LogP contribution in [-0.2, 0) is 18.7 Å². The molecule has 31 heavy (non-hydrogen) atoms. The molecule has 0 fully saturated rings. The zero-order valence-corrected chi connectivity index (χ0v) is 17.8. The number of hydrogen-bond acceptors (Lipinski definition) is 9. The molecule has 0 radical (unpaired) electrons. The van der Waals surface area contributed by atoms with Crippen LogP contribution < -0.4 is 11.1 Å². The minimum absolute atomic E-state index is 0.158. The second-order valence-electron chi connectivity index (χ2n) is 6.54. The van der Waals surface area contributed by atoms with Gasteiger partial charge in [-0.2, -0.15) is 15.0 Å². The van der Waals surface area contributed by atoms with Crippen LogP contribution in [0.1, 0.15) is 18.3 Å². The summed E-state index contributed by atoms with van der Waals surface area (Å²) >= 11 is 1.45. The summed E-state index contributed by atoms with van der Waals surface area (Å²) in [6.45, 7) is 6.47. The van der Waals surface area contributed by atoms with E-state index in [-0.39, 0.29) is 5.95 Å². The number of thioether (sulfide) groups is 1. The summed E-state index contributed by atoms with van der Waals surface area (Å²) in [6, 6.07) is 11.7. The fourth-order valence-electron chi connectivity index (χ4n) is 3.04. The summed E-state index contributed by atoms with van der Waals surface area (Å²) in [7, 11) is 0. The quantitative estimate of drug-likeness (QED) is 0.296. The van der Waals surface area contributed by atoms with Crippen molar-refractivity contribution in [1.82, 2.24) is 29.7 Å². The van der Waals surface area contributed by atoms with Crippen molar-refractivity contribution in [1.29, 1.82) is 0 Å². The van der Waals surface area contributed by atoms with Crippen molar-refractivity contribution in [3.8, 4) is 11.6 Å². The van der Waals surface area contributed by atoms with Gasteiger partial charge in [-0.25, -0.2) is 0 Å². The first-order valence-electron chi connectivity index (χ1n) is 9.74. The molecule has 0 bridgehead atoms. The average Bonchev–Trinajstić information content (AvgIpc) is 3.43. The highest BCUT2D eigenvalue weighted by Crippen LogP contribution is 2.27. The van der Waals surface area contributed by atoms with Gasteiger partial charge in [-0.1, -0.05) is 43.0 Å². The number of hydrogen-bond donors (Lipinski definition) is 2. The molecule has 0 atom stereocenters. The molecule has 0 unspecified atom stereocenters. The predicted molar refractivity (Wildman–Crippen MR) is 121 cm³/mol. The van der Waals surface area contributed by atoms with Crippen LogP contribution in [0.3, 0.4) is 0 Å². The van der Waals surface area contributed by atoms with Crippen LogP contribution in [0.2, 0.25) is 0 Å². The van der Waals surface area contributed by atoms with Gasteiger partial charge in [-0.05, 0) is 30.2 Å². The summed E-state index contributed by atoms with van der Waals surface area (Å²) in [4.78, 5) is 13.0. The Bertz CT molecular complexity index is 1170.